The number of halogens is 2. The summed E-state index contributed by atoms with van der Waals surface area (Å²) in [5.41, 5.74) is 0.919. The smallest absolute Gasteiger partial charge is 0.306 e. The van der Waals surface area contributed by atoms with E-state index in [9.17, 15) is 23.8 Å². The summed E-state index contributed by atoms with van der Waals surface area (Å²) in [6.45, 7) is 3.76. The van der Waals surface area contributed by atoms with Crippen LogP contribution in [0.1, 0.15) is 48.9 Å². The Morgan fingerprint density at radius 3 is 2.79 bits per heavy atom. The molecule has 3 N–H and O–H groups in total. The van der Waals surface area contributed by atoms with Crippen LogP contribution >= 0.6 is 11.3 Å². The molecule has 0 saturated heterocycles. The summed E-state index contributed by atoms with van der Waals surface area (Å²) in [5.74, 6) is -1.37. The number of aromatic nitrogens is 3. The number of aliphatic hydroxyl groups is 1. The van der Waals surface area contributed by atoms with E-state index in [1.807, 2.05) is 32.0 Å². The van der Waals surface area contributed by atoms with Crippen LogP contribution in [-0.2, 0) is 10.4 Å². The van der Waals surface area contributed by atoms with Crippen LogP contribution in [0.5, 0.6) is 0 Å². The number of carboxylic acids is 1. The predicted molar refractivity (Wildman–Crippen MR) is 121 cm³/mol. The second kappa shape index (κ2) is 9.11. The third-order valence-corrected chi connectivity index (χ3v) is 7.19. The Balaban J connectivity index is 1.57. The Morgan fingerprint density at radius 2 is 2.09 bits per heavy atom. The van der Waals surface area contributed by atoms with Gasteiger partial charge in [-0.1, -0.05) is 13.0 Å². The van der Waals surface area contributed by atoms with Crippen molar-refractivity contribution < 1.29 is 23.8 Å². The van der Waals surface area contributed by atoms with Crippen molar-refractivity contribution in [2.75, 3.05) is 5.32 Å². The van der Waals surface area contributed by atoms with Crippen LogP contribution in [0.15, 0.2) is 36.7 Å². The fourth-order valence-corrected chi connectivity index (χ4v) is 5.35. The Morgan fingerprint density at radius 1 is 1.30 bits per heavy atom. The Kier molecular flexibility index (Phi) is 6.40. The fraction of sp³-hybridized carbons (Fsp3) is 0.391. The van der Waals surface area contributed by atoms with Crippen molar-refractivity contribution in [2.24, 2.45) is 11.8 Å². The molecule has 0 spiro atoms. The average Bonchev–Trinajstić information content (AvgIpc) is 3.24. The molecule has 0 radical (unpaired) electrons. The Hall–Kier alpha value is -2.98. The van der Waals surface area contributed by atoms with Gasteiger partial charge in [-0.2, -0.15) is 0 Å². The van der Waals surface area contributed by atoms with Crippen molar-refractivity contribution in [1.82, 2.24) is 15.0 Å². The molecule has 0 aliphatic heterocycles. The highest BCUT2D eigenvalue weighted by molar-refractivity contribution is 7.15. The van der Waals surface area contributed by atoms with Gasteiger partial charge in [0.2, 0.25) is 5.95 Å². The minimum absolute atomic E-state index is 0.0767. The van der Waals surface area contributed by atoms with Crippen LogP contribution in [0, 0.1) is 18.8 Å². The molecule has 1 fully saturated rings. The number of anilines is 2. The van der Waals surface area contributed by atoms with Crippen LogP contribution in [0.25, 0.3) is 10.4 Å². The van der Waals surface area contributed by atoms with Crippen LogP contribution < -0.4 is 5.32 Å². The molecule has 7 nitrogen and oxygen atoms in total. The molecule has 1 aliphatic rings. The quantitative estimate of drug-likeness (QED) is 0.445. The second-order valence-electron chi connectivity index (χ2n) is 8.54. The minimum Gasteiger partial charge on any atom is -0.481 e. The summed E-state index contributed by atoms with van der Waals surface area (Å²) >= 11 is 1.37. The maximum absolute atomic E-state index is 12.9. The van der Waals surface area contributed by atoms with E-state index in [1.165, 1.54) is 23.6 Å². The van der Waals surface area contributed by atoms with Gasteiger partial charge in [0.15, 0.2) is 0 Å². The first-order valence-electron chi connectivity index (χ1n) is 10.6. The molecule has 1 saturated carbocycles. The van der Waals surface area contributed by atoms with Crippen LogP contribution in [0.4, 0.5) is 20.4 Å². The lowest BCUT2D eigenvalue weighted by Gasteiger charge is -2.37. The van der Waals surface area contributed by atoms with Gasteiger partial charge in [-0.05, 0) is 61.4 Å². The van der Waals surface area contributed by atoms with E-state index in [-0.39, 0.29) is 17.6 Å². The largest absolute Gasteiger partial charge is 0.481 e. The maximum Gasteiger partial charge on any atom is 0.306 e. The number of benzene rings is 1. The highest BCUT2D eigenvalue weighted by Crippen LogP contribution is 2.45. The molecule has 1 aromatic carbocycles. The van der Waals surface area contributed by atoms with E-state index in [0.717, 1.165) is 16.0 Å². The van der Waals surface area contributed by atoms with Crippen molar-refractivity contribution in [3.05, 3.63) is 52.9 Å². The van der Waals surface area contributed by atoms with Gasteiger partial charge < -0.3 is 15.5 Å². The first-order chi connectivity index (χ1) is 15.6. The highest BCUT2D eigenvalue weighted by Gasteiger charge is 2.43. The summed E-state index contributed by atoms with van der Waals surface area (Å²) in [4.78, 5) is 24.5. The number of thiazole rings is 1. The molecule has 3 atom stereocenters. The summed E-state index contributed by atoms with van der Waals surface area (Å²) in [5, 5.41) is 24.1. The average molecular weight is 475 g/mol. The van der Waals surface area contributed by atoms with E-state index >= 15 is 0 Å². The number of aryl methyl sites for hydroxylation is 1. The summed E-state index contributed by atoms with van der Waals surface area (Å²) in [6.07, 6.45) is 1.38. The molecule has 0 amide bonds. The minimum atomic E-state index is -2.68. The summed E-state index contributed by atoms with van der Waals surface area (Å²) in [6, 6.07) is 6.84. The Labute approximate surface area is 193 Å². The highest BCUT2D eigenvalue weighted by atomic mass is 32.1. The maximum atomic E-state index is 12.9. The van der Waals surface area contributed by atoms with Crippen molar-refractivity contribution in [2.45, 2.75) is 45.1 Å². The first kappa shape index (κ1) is 23.2. The lowest BCUT2D eigenvalue weighted by atomic mass is 9.72. The van der Waals surface area contributed by atoms with Gasteiger partial charge in [-0.25, -0.2) is 23.7 Å². The first-order valence-corrected chi connectivity index (χ1v) is 11.4. The van der Waals surface area contributed by atoms with Crippen molar-refractivity contribution in [3.63, 3.8) is 0 Å². The van der Waals surface area contributed by atoms with Crippen LogP contribution in [0.3, 0.4) is 0 Å². The number of hydrogen-bond donors (Lipinski definition) is 3. The SMILES string of the molecule is Cc1cc(Nc2nccc(C(F)F)n2)cc(-c2cnc([C@]3(O)CC[C@@H](C(=O)O)[C@@H](C)C3)s2)c1. The normalized spacial score (nSPS) is 23.0. The molecule has 2 heterocycles. The van der Waals surface area contributed by atoms with E-state index in [2.05, 4.69) is 20.3 Å². The van der Waals surface area contributed by atoms with Crippen LogP contribution in [0.2, 0.25) is 0 Å². The molecule has 3 aromatic rings. The number of carbonyl (C=O) groups is 1. The third-order valence-electron chi connectivity index (χ3n) is 5.96. The van der Waals surface area contributed by atoms with Gasteiger partial charge in [0.25, 0.3) is 6.43 Å². The van der Waals surface area contributed by atoms with Gasteiger partial charge >= 0.3 is 5.97 Å². The van der Waals surface area contributed by atoms with Gasteiger partial charge in [-0.15, -0.1) is 11.3 Å². The van der Waals surface area contributed by atoms with E-state index in [4.69, 9.17) is 0 Å². The van der Waals surface area contributed by atoms with Crippen molar-refractivity contribution in [1.29, 1.82) is 0 Å². The molecule has 0 bridgehead atoms. The van der Waals surface area contributed by atoms with Gasteiger partial charge in [0, 0.05) is 18.1 Å². The van der Waals surface area contributed by atoms with Gasteiger partial charge in [0.1, 0.15) is 16.3 Å². The van der Waals surface area contributed by atoms with E-state index in [0.29, 0.717) is 30.0 Å². The third kappa shape index (κ3) is 5.01. The van der Waals surface area contributed by atoms with Gasteiger partial charge in [-0.3, -0.25) is 4.79 Å². The van der Waals surface area contributed by atoms with Crippen molar-refractivity contribution in [3.8, 4) is 10.4 Å². The van der Waals surface area contributed by atoms with Crippen LogP contribution in [-0.4, -0.2) is 31.1 Å². The number of nitrogens with one attached hydrogen (secondary N) is 1. The summed E-state index contributed by atoms with van der Waals surface area (Å²) < 4.78 is 25.9. The Bertz CT molecular complexity index is 1170. The van der Waals surface area contributed by atoms with Gasteiger partial charge in [0.05, 0.1) is 10.8 Å². The standard InChI is InChI=1S/C23H24F2N4O3S/c1-12-7-14(9-15(8-12)28-22-26-6-4-17(29-22)19(24)25)18-11-27-21(33-18)23(32)5-3-16(20(30)31)13(2)10-23/h4,6-9,11,13,16,19,32H,3,5,10H2,1-2H3,(H,30,31)(H,26,28,29)/t13-,16+,23-/m0/s1. The predicted octanol–water partition coefficient (Wildman–Crippen LogP) is 5.30. The number of alkyl halides is 2. The topological polar surface area (TPSA) is 108 Å². The molecule has 33 heavy (non-hydrogen) atoms. The molecule has 2 aromatic heterocycles. The number of aliphatic carboxylic acids is 1. The molecular formula is C23H24F2N4O3S. The molecule has 174 valence electrons. The van der Waals surface area contributed by atoms with Crippen molar-refractivity contribution >= 4 is 28.9 Å². The fourth-order valence-electron chi connectivity index (χ4n) is 4.32. The molecule has 4 rings (SSSR count). The second-order valence-corrected chi connectivity index (χ2v) is 9.58. The van der Waals surface area contributed by atoms with E-state index < -0.39 is 23.9 Å². The zero-order chi connectivity index (χ0) is 23.8. The molecule has 1 aliphatic carbocycles. The van der Waals surface area contributed by atoms with E-state index in [1.54, 1.807) is 6.20 Å². The molecular weight excluding hydrogens is 450 g/mol. The zero-order valence-electron chi connectivity index (χ0n) is 18.1. The summed E-state index contributed by atoms with van der Waals surface area (Å²) in [7, 11) is 0. The number of carboxylic acid groups (broad SMARTS) is 1. The number of hydrogen-bond acceptors (Lipinski definition) is 7. The number of nitrogens with zero attached hydrogens (tertiary/aromatic N) is 3. The lowest BCUT2D eigenvalue weighted by Crippen LogP contribution is -2.38. The molecule has 10 heteroatoms. The zero-order valence-corrected chi connectivity index (χ0v) is 18.9. The lowest BCUT2D eigenvalue weighted by molar-refractivity contribution is -0.148. The molecule has 0 unspecified atom stereocenters. The number of rotatable bonds is 6. The monoisotopic (exact) mass is 474 g/mol.